The monoisotopic (exact) mass is 286 g/mol. The molecule has 0 aromatic heterocycles. The summed E-state index contributed by atoms with van der Waals surface area (Å²) < 4.78 is 5.11. The number of ether oxygens (including phenoxy) is 1. The number of rotatable bonds is 6. The van der Waals surface area contributed by atoms with Crippen LogP contribution in [0.3, 0.4) is 0 Å². The first-order chi connectivity index (χ1) is 9.90. The van der Waals surface area contributed by atoms with E-state index in [-0.39, 0.29) is 11.5 Å². The number of esters is 1. The second-order valence-corrected chi connectivity index (χ2v) is 5.76. The molecule has 0 aliphatic heterocycles. The Morgan fingerprint density at radius 1 is 1.33 bits per heavy atom. The molecule has 1 rings (SSSR count). The Kier molecular flexibility index (Phi) is 6.64. The summed E-state index contributed by atoms with van der Waals surface area (Å²) >= 11 is 0. The summed E-state index contributed by atoms with van der Waals surface area (Å²) in [7, 11) is 0. The van der Waals surface area contributed by atoms with Crippen LogP contribution in [0, 0.1) is 11.3 Å². The van der Waals surface area contributed by atoms with Gasteiger partial charge < -0.3 is 10.1 Å². The predicted octanol–water partition coefficient (Wildman–Crippen LogP) is 2.89. The van der Waals surface area contributed by atoms with Crippen LogP contribution in [0.4, 0.5) is 0 Å². The highest BCUT2D eigenvalue weighted by atomic mass is 16.5. The molecule has 0 saturated carbocycles. The third-order valence-electron chi connectivity index (χ3n) is 2.67. The zero-order valence-electron chi connectivity index (χ0n) is 12.8. The molecule has 0 heterocycles. The molecule has 0 saturated heterocycles. The topological polar surface area (TPSA) is 62.1 Å². The standard InChI is InChI=1S/C17H22N2O2/c1-17(2,3)19-11-4-12-21-16(20)10-9-14-5-7-15(13-18)8-6-14/h5-10,19H,4,11-12H2,1-3H3/b10-9+. The number of hydrogen-bond donors (Lipinski definition) is 1. The van der Waals surface area contributed by atoms with Gasteiger partial charge in [0, 0.05) is 11.6 Å². The van der Waals surface area contributed by atoms with E-state index in [2.05, 4.69) is 26.1 Å². The number of benzene rings is 1. The summed E-state index contributed by atoms with van der Waals surface area (Å²) in [5, 5.41) is 12.0. The van der Waals surface area contributed by atoms with E-state index in [0.29, 0.717) is 12.2 Å². The predicted molar refractivity (Wildman–Crippen MR) is 83.5 cm³/mol. The lowest BCUT2D eigenvalue weighted by Gasteiger charge is -2.20. The molecule has 4 heteroatoms. The molecule has 0 spiro atoms. The minimum atomic E-state index is -0.352. The van der Waals surface area contributed by atoms with Crippen molar-refractivity contribution in [3.63, 3.8) is 0 Å². The summed E-state index contributed by atoms with van der Waals surface area (Å²) in [5.41, 5.74) is 1.54. The third-order valence-corrected chi connectivity index (χ3v) is 2.67. The van der Waals surface area contributed by atoms with Crippen molar-refractivity contribution >= 4 is 12.0 Å². The number of hydrogen-bond acceptors (Lipinski definition) is 4. The van der Waals surface area contributed by atoms with Crippen molar-refractivity contribution in [3.8, 4) is 6.07 Å². The van der Waals surface area contributed by atoms with Crippen LogP contribution < -0.4 is 5.32 Å². The number of nitrogens with one attached hydrogen (secondary N) is 1. The van der Waals surface area contributed by atoms with Gasteiger partial charge in [-0.2, -0.15) is 5.26 Å². The Morgan fingerprint density at radius 3 is 2.57 bits per heavy atom. The zero-order valence-corrected chi connectivity index (χ0v) is 12.8. The van der Waals surface area contributed by atoms with Crippen LogP contribution in [-0.2, 0) is 9.53 Å². The van der Waals surface area contributed by atoms with E-state index in [1.807, 2.05) is 6.07 Å². The fraction of sp³-hybridized carbons (Fsp3) is 0.412. The van der Waals surface area contributed by atoms with Crippen molar-refractivity contribution in [3.05, 3.63) is 41.5 Å². The van der Waals surface area contributed by atoms with Gasteiger partial charge in [-0.25, -0.2) is 4.79 Å². The van der Waals surface area contributed by atoms with Gasteiger partial charge in [-0.1, -0.05) is 12.1 Å². The van der Waals surface area contributed by atoms with Crippen molar-refractivity contribution in [2.75, 3.05) is 13.2 Å². The van der Waals surface area contributed by atoms with Crippen LogP contribution in [-0.4, -0.2) is 24.7 Å². The van der Waals surface area contributed by atoms with E-state index in [4.69, 9.17) is 10.00 Å². The maximum Gasteiger partial charge on any atom is 0.330 e. The first-order valence-electron chi connectivity index (χ1n) is 7.01. The molecular weight excluding hydrogens is 264 g/mol. The highest BCUT2D eigenvalue weighted by molar-refractivity contribution is 5.87. The smallest absolute Gasteiger partial charge is 0.330 e. The molecule has 1 aromatic rings. The fourth-order valence-corrected chi connectivity index (χ4v) is 1.59. The van der Waals surface area contributed by atoms with Crippen molar-refractivity contribution in [2.45, 2.75) is 32.7 Å². The Morgan fingerprint density at radius 2 is 2.00 bits per heavy atom. The largest absolute Gasteiger partial charge is 0.462 e. The Hall–Kier alpha value is -2.12. The van der Waals surface area contributed by atoms with Gasteiger partial charge in [0.25, 0.3) is 0 Å². The lowest BCUT2D eigenvalue weighted by molar-refractivity contribution is -0.137. The van der Waals surface area contributed by atoms with Gasteiger partial charge >= 0.3 is 5.97 Å². The van der Waals surface area contributed by atoms with E-state index in [1.54, 1.807) is 30.3 Å². The van der Waals surface area contributed by atoms with Gasteiger partial charge in [-0.05, 0) is 57.5 Å². The van der Waals surface area contributed by atoms with Crippen LogP contribution in [0.2, 0.25) is 0 Å². The van der Waals surface area contributed by atoms with Gasteiger partial charge in [0.15, 0.2) is 0 Å². The van der Waals surface area contributed by atoms with Crippen molar-refractivity contribution < 1.29 is 9.53 Å². The molecule has 0 amide bonds. The lowest BCUT2D eigenvalue weighted by Crippen LogP contribution is -2.36. The first kappa shape index (κ1) is 16.9. The highest BCUT2D eigenvalue weighted by Gasteiger charge is 2.07. The second-order valence-electron chi connectivity index (χ2n) is 5.76. The third kappa shape index (κ3) is 7.91. The highest BCUT2D eigenvalue weighted by Crippen LogP contribution is 2.05. The summed E-state index contributed by atoms with van der Waals surface area (Å²) in [4.78, 5) is 11.5. The summed E-state index contributed by atoms with van der Waals surface area (Å²) in [5.74, 6) is -0.352. The van der Waals surface area contributed by atoms with Crippen LogP contribution in [0.15, 0.2) is 30.3 Å². The van der Waals surface area contributed by atoms with Gasteiger partial charge in [-0.3, -0.25) is 0 Å². The lowest BCUT2D eigenvalue weighted by atomic mass is 10.1. The molecule has 112 valence electrons. The number of nitriles is 1. The van der Waals surface area contributed by atoms with Crippen molar-refractivity contribution in [1.82, 2.24) is 5.32 Å². The summed E-state index contributed by atoms with van der Waals surface area (Å²) in [6.07, 6.45) is 3.86. The molecule has 0 fully saturated rings. The SMILES string of the molecule is CC(C)(C)NCCCOC(=O)/C=C/c1ccc(C#N)cc1. The first-order valence-corrected chi connectivity index (χ1v) is 7.01. The fourth-order valence-electron chi connectivity index (χ4n) is 1.59. The molecule has 0 radical (unpaired) electrons. The van der Waals surface area contributed by atoms with Gasteiger partial charge in [0.2, 0.25) is 0 Å². The molecule has 1 N–H and O–H groups in total. The summed E-state index contributed by atoms with van der Waals surface area (Å²) in [6.45, 7) is 7.51. The number of carbonyl (C=O) groups is 1. The van der Waals surface area contributed by atoms with Gasteiger partial charge in [0.05, 0.1) is 18.2 Å². The van der Waals surface area contributed by atoms with E-state index in [1.165, 1.54) is 6.08 Å². The second kappa shape index (κ2) is 8.23. The average Bonchev–Trinajstić information content (AvgIpc) is 2.44. The Balaban J connectivity index is 2.27. The van der Waals surface area contributed by atoms with Crippen LogP contribution in [0.25, 0.3) is 6.08 Å². The molecular formula is C17H22N2O2. The van der Waals surface area contributed by atoms with E-state index >= 15 is 0 Å². The molecule has 0 atom stereocenters. The minimum absolute atomic E-state index is 0.0828. The molecule has 1 aromatic carbocycles. The molecule has 0 bridgehead atoms. The van der Waals surface area contributed by atoms with E-state index in [9.17, 15) is 4.79 Å². The van der Waals surface area contributed by atoms with E-state index in [0.717, 1.165) is 18.5 Å². The molecule has 4 nitrogen and oxygen atoms in total. The maximum absolute atomic E-state index is 11.5. The molecule has 21 heavy (non-hydrogen) atoms. The normalized spacial score (nSPS) is 11.3. The van der Waals surface area contributed by atoms with E-state index < -0.39 is 0 Å². The Labute approximate surface area is 126 Å². The van der Waals surface area contributed by atoms with Crippen LogP contribution in [0.5, 0.6) is 0 Å². The maximum atomic E-state index is 11.5. The minimum Gasteiger partial charge on any atom is -0.462 e. The molecule has 0 unspecified atom stereocenters. The molecule has 0 aliphatic rings. The quantitative estimate of drug-likeness (QED) is 0.496. The number of nitrogens with zero attached hydrogens (tertiary/aromatic N) is 1. The van der Waals surface area contributed by atoms with Gasteiger partial charge in [0.1, 0.15) is 0 Å². The van der Waals surface area contributed by atoms with Gasteiger partial charge in [-0.15, -0.1) is 0 Å². The van der Waals surface area contributed by atoms with Crippen LogP contribution in [0.1, 0.15) is 38.3 Å². The van der Waals surface area contributed by atoms with Crippen LogP contribution >= 0.6 is 0 Å². The summed E-state index contributed by atoms with van der Waals surface area (Å²) in [6, 6.07) is 9.05. The number of carbonyl (C=O) groups excluding carboxylic acids is 1. The van der Waals surface area contributed by atoms with Crippen molar-refractivity contribution in [2.24, 2.45) is 0 Å². The zero-order chi connectivity index (χ0) is 15.7. The van der Waals surface area contributed by atoms with Crippen molar-refractivity contribution in [1.29, 1.82) is 5.26 Å². The Bertz CT molecular complexity index is 519. The average molecular weight is 286 g/mol. The molecule has 0 aliphatic carbocycles.